The molecule has 0 bridgehead atoms. The summed E-state index contributed by atoms with van der Waals surface area (Å²) in [5, 5.41) is 16.3. The second-order valence-corrected chi connectivity index (χ2v) is 3.89. The van der Waals surface area contributed by atoms with Gasteiger partial charge in [0.05, 0.1) is 5.56 Å². The minimum atomic E-state index is -0.347. The highest BCUT2D eigenvalue weighted by Crippen LogP contribution is 2.14. The van der Waals surface area contributed by atoms with Crippen LogP contribution in [0.2, 0.25) is 0 Å². The Hall–Kier alpha value is -2.37. The Balaban J connectivity index is 2.05. The topological polar surface area (TPSA) is 80.0 Å². The fraction of sp³-hybridized carbons (Fsp3) is 0.250. The van der Waals surface area contributed by atoms with Gasteiger partial charge in [-0.1, -0.05) is 12.1 Å². The van der Waals surface area contributed by atoms with Crippen LogP contribution in [0.25, 0.3) is 0 Å². The lowest BCUT2D eigenvalue weighted by atomic mass is 10.2. The first-order valence-electron chi connectivity index (χ1n) is 5.52. The number of aromatic hydroxyl groups is 1. The van der Waals surface area contributed by atoms with Crippen LogP contribution in [0.4, 0.5) is 0 Å². The van der Waals surface area contributed by atoms with E-state index in [-0.39, 0.29) is 23.9 Å². The van der Waals surface area contributed by atoms with Gasteiger partial charge in [-0.15, -0.1) is 0 Å². The fourth-order valence-corrected chi connectivity index (χ4v) is 1.62. The summed E-state index contributed by atoms with van der Waals surface area (Å²) in [5.74, 6) is 0.997. The van der Waals surface area contributed by atoms with Crippen LogP contribution >= 0.6 is 0 Å². The number of phenols is 1. The van der Waals surface area contributed by atoms with E-state index >= 15 is 0 Å². The molecule has 0 saturated carbocycles. The zero-order chi connectivity index (χ0) is 13.1. The van der Waals surface area contributed by atoms with Crippen molar-refractivity contribution in [2.24, 2.45) is 0 Å². The number of para-hydroxylation sites is 1. The molecule has 0 unspecified atom stereocenters. The summed E-state index contributed by atoms with van der Waals surface area (Å²) in [4.78, 5) is 16.0. The van der Waals surface area contributed by atoms with Gasteiger partial charge in [-0.3, -0.25) is 4.79 Å². The number of phenolic OH excluding ortho intramolecular Hbond substituents is 1. The highest BCUT2D eigenvalue weighted by Gasteiger charge is 2.10. The average Bonchev–Trinajstić information content (AvgIpc) is 2.65. The number of hydrogen-bond donors (Lipinski definition) is 2. The van der Waals surface area contributed by atoms with E-state index in [1.54, 1.807) is 29.8 Å². The SMILES string of the molecule is Cc1nc(C)n(CNC(=O)c2ccccc2O)n1. The first-order chi connectivity index (χ1) is 8.58. The molecule has 94 valence electrons. The summed E-state index contributed by atoms with van der Waals surface area (Å²) in [6, 6.07) is 6.39. The van der Waals surface area contributed by atoms with Crippen LogP contribution in [0.3, 0.4) is 0 Å². The van der Waals surface area contributed by atoms with E-state index in [9.17, 15) is 9.90 Å². The molecule has 0 aliphatic heterocycles. The highest BCUT2D eigenvalue weighted by molar-refractivity contribution is 5.96. The molecule has 2 rings (SSSR count). The molecule has 0 aliphatic carbocycles. The van der Waals surface area contributed by atoms with Gasteiger partial charge in [0.25, 0.3) is 5.91 Å². The Kier molecular flexibility index (Phi) is 3.27. The number of aryl methyl sites for hydroxylation is 2. The quantitative estimate of drug-likeness (QED) is 0.846. The molecule has 18 heavy (non-hydrogen) atoms. The van der Waals surface area contributed by atoms with Crippen LogP contribution in [0, 0.1) is 13.8 Å². The predicted molar refractivity (Wildman–Crippen MR) is 65.1 cm³/mol. The average molecular weight is 246 g/mol. The van der Waals surface area contributed by atoms with Gasteiger partial charge in [-0.25, -0.2) is 9.67 Å². The smallest absolute Gasteiger partial charge is 0.256 e. The zero-order valence-electron chi connectivity index (χ0n) is 10.2. The first-order valence-corrected chi connectivity index (χ1v) is 5.52. The summed E-state index contributed by atoms with van der Waals surface area (Å²) >= 11 is 0. The van der Waals surface area contributed by atoms with Crippen molar-refractivity contribution >= 4 is 5.91 Å². The van der Waals surface area contributed by atoms with E-state index in [2.05, 4.69) is 15.4 Å². The third kappa shape index (κ3) is 2.48. The first kappa shape index (κ1) is 12.1. The Morgan fingerprint density at radius 1 is 1.39 bits per heavy atom. The van der Waals surface area contributed by atoms with E-state index < -0.39 is 0 Å². The number of carbonyl (C=O) groups excluding carboxylic acids is 1. The zero-order valence-corrected chi connectivity index (χ0v) is 10.2. The maximum Gasteiger partial charge on any atom is 0.256 e. The van der Waals surface area contributed by atoms with E-state index in [0.717, 1.165) is 5.82 Å². The van der Waals surface area contributed by atoms with E-state index in [1.807, 2.05) is 6.92 Å². The maximum atomic E-state index is 11.8. The number of nitrogens with zero attached hydrogens (tertiary/aromatic N) is 3. The number of rotatable bonds is 3. The van der Waals surface area contributed by atoms with Crippen LogP contribution in [0.5, 0.6) is 5.75 Å². The van der Waals surface area contributed by atoms with Gasteiger partial charge >= 0.3 is 0 Å². The summed E-state index contributed by atoms with van der Waals surface area (Å²) < 4.78 is 1.59. The number of nitrogens with one attached hydrogen (secondary N) is 1. The second kappa shape index (κ2) is 4.87. The molecular formula is C12H14N4O2. The lowest BCUT2D eigenvalue weighted by molar-refractivity contribution is 0.0937. The van der Waals surface area contributed by atoms with Crippen LogP contribution < -0.4 is 5.32 Å². The Morgan fingerprint density at radius 3 is 2.72 bits per heavy atom. The maximum absolute atomic E-state index is 11.8. The molecule has 0 aliphatic rings. The normalized spacial score (nSPS) is 10.3. The van der Waals surface area contributed by atoms with Crippen molar-refractivity contribution in [1.82, 2.24) is 20.1 Å². The molecule has 0 saturated heterocycles. The minimum absolute atomic E-state index is 0.0403. The number of carbonyl (C=O) groups is 1. The minimum Gasteiger partial charge on any atom is -0.507 e. The monoisotopic (exact) mass is 246 g/mol. The van der Waals surface area contributed by atoms with Gasteiger partial charge in [0.15, 0.2) is 0 Å². The molecule has 0 atom stereocenters. The highest BCUT2D eigenvalue weighted by atomic mass is 16.3. The number of aromatic nitrogens is 3. The van der Waals surface area contributed by atoms with Crippen molar-refractivity contribution in [3.63, 3.8) is 0 Å². The molecule has 0 radical (unpaired) electrons. The Bertz CT molecular complexity index is 577. The van der Waals surface area contributed by atoms with Crippen molar-refractivity contribution < 1.29 is 9.90 Å². The summed E-state index contributed by atoms with van der Waals surface area (Å²) in [7, 11) is 0. The molecule has 6 nitrogen and oxygen atoms in total. The van der Waals surface area contributed by atoms with Crippen molar-refractivity contribution in [2.45, 2.75) is 20.5 Å². The van der Waals surface area contributed by atoms with Crippen LogP contribution in [-0.2, 0) is 6.67 Å². The fourth-order valence-electron chi connectivity index (χ4n) is 1.62. The van der Waals surface area contributed by atoms with Crippen LogP contribution in [0.1, 0.15) is 22.0 Å². The third-order valence-electron chi connectivity index (χ3n) is 2.50. The molecule has 1 heterocycles. The van der Waals surface area contributed by atoms with Gasteiger partial charge in [0.1, 0.15) is 24.1 Å². The standard InChI is InChI=1S/C12H14N4O2/c1-8-14-9(2)16(15-8)7-13-12(18)10-5-3-4-6-11(10)17/h3-6,17H,7H2,1-2H3,(H,13,18). The molecule has 2 N–H and O–H groups in total. The van der Waals surface area contributed by atoms with Crippen molar-refractivity contribution in [3.05, 3.63) is 41.5 Å². The van der Waals surface area contributed by atoms with Crippen molar-refractivity contribution in [3.8, 4) is 5.75 Å². The van der Waals surface area contributed by atoms with E-state index in [4.69, 9.17) is 0 Å². The van der Waals surface area contributed by atoms with Gasteiger partial charge < -0.3 is 10.4 Å². The lowest BCUT2D eigenvalue weighted by Crippen LogP contribution is -2.27. The predicted octanol–water partition coefficient (Wildman–Crippen LogP) is 0.988. The summed E-state index contributed by atoms with van der Waals surface area (Å²) in [6.45, 7) is 3.82. The molecule has 1 aromatic carbocycles. The second-order valence-electron chi connectivity index (χ2n) is 3.89. The van der Waals surface area contributed by atoms with Gasteiger partial charge in [0, 0.05) is 0 Å². The molecule has 1 aromatic heterocycles. The molecule has 6 heteroatoms. The number of hydrogen-bond acceptors (Lipinski definition) is 4. The van der Waals surface area contributed by atoms with Crippen molar-refractivity contribution in [2.75, 3.05) is 0 Å². The number of benzene rings is 1. The van der Waals surface area contributed by atoms with E-state index in [0.29, 0.717) is 5.82 Å². The molecule has 0 spiro atoms. The van der Waals surface area contributed by atoms with Crippen LogP contribution in [-0.4, -0.2) is 25.8 Å². The largest absolute Gasteiger partial charge is 0.507 e. The Labute approximate surface area is 104 Å². The van der Waals surface area contributed by atoms with Gasteiger partial charge in [-0.05, 0) is 26.0 Å². The van der Waals surface area contributed by atoms with Gasteiger partial charge in [-0.2, -0.15) is 5.10 Å². The third-order valence-corrected chi connectivity index (χ3v) is 2.50. The molecule has 1 amide bonds. The summed E-state index contributed by atoms with van der Waals surface area (Å²) in [6.07, 6.45) is 0. The number of amides is 1. The summed E-state index contributed by atoms with van der Waals surface area (Å²) in [5.41, 5.74) is 0.243. The van der Waals surface area contributed by atoms with Crippen molar-refractivity contribution in [1.29, 1.82) is 0 Å². The molecule has 2 aromatic rings. The van der Waals surface area contributed by atoms with E-state index in [1.165, 1.54) is 6.07 Å². The van der Waals surface area contributed by atoms with Crippen LogP contribution in [0.15, 0.2) is 24.3 Å². The lowest BCUT2D eigenvalue weighted by Gasteiger charge is -2.07. The molecular weight excluding hydrogens is 232 g/mol. The molecule has 0 fully saturated rings. The van der Waals surface area contributed by atoms with Gasteiger partial charge in [0.2, 0.25) is 0 Å². The Morgan fingerprint density at radius 2 is 2.11 bits per heavy atom.